The van der Waals surface area contributed by atoms with Gasteiger partial charge in [-0.25, -0.2) is 0 Å². The molecule has 0 saturated heterocycles. The van der Waals surface area contributed by atoms with Crippen molar-refractivity contribution in [3.8, 4) is 0 Å². The van der Waals surface area contributed by atoms with Crippen LogP contribution in [0.4, 0.5) is 0 Å². The molecule has 0 unspecified atom stereocenters. The second-order valence-electron chi connectivity index (χ2n) is 7.02. The van der Waals surface area contributed by atoms with Gasteiger partial charge in [-0.2, -0.15) is 0 Å². The van der Waals surface area contributed by atoms with E-state index in [0.717, 1.165) is 4.83 Å². The van der Waals surface area contributed by atoms with E-state index < -0.39 is 32.3 Å². The molecule has 0 N–H and O–H groups in total. The summed E-state index contributed by atoms with van der Waals surface area (Å²) in [5, 5.41) is -2.62. The Morgan fingerprint density at radius 1 is 0.400 bits per heavy atom. The number of hydrogen-bond donors (Lipinski definition) is 0. The van der Waals surface area contributed by atoms with Gasteiger partial charge in [0.2, 0.25) is 0 Å². The Morgan fingerprint density at radius 2 is 0.600 bits per heavy atom. The molecular formula is C18H29BrCl6. The maximum atomic E-state index is 5.88. The predicted octanol–water partition coefficient (Wildman–Crippen LogP) is 8.70. The number of rotatable bonds is 0. The van der Waals surface area contributed by atoms with Gasteiger partial charge in [-0.3, -0.25) is 0 Å². The molecule has 0 nitrogen and oxygen atoms in total. The van der Waals surface area contributed by atoms with Crippen molar-refractivity contribution in [1.82, 2.24) is 0 Å². The molecule has 7 heteroatoms. The first kappa shape index (κ1) is 25.3. The SMILES string of the molecule is BrC1CCCCCCCCCCC1.ClC1C(Cl)C(Cl)C(Cl)C(Cl)C1Cl. The molecular weight excluding hydrogens is 509 g/mol. The third kappa shape index (κ3) is 9.51. The normalized spacial score (nSPS) is 39.5. The number of halogens is 7. The van der Waals surface area contributed by atoms with Gasteiger partial charge >= 0.3 is 0 Å². The first-order chi connectivity index (χ1) is 11.9. The Balaban J connectivity index is 0.000000251. The van der Waals surface area contributed by atoms with Gasteiger partial charge in [-0.15, -0.1) is 69.6 Å². The summed E-state index contributed by atoms with van der Waals surface area (Å²) in [6.45, 7) is 0. The highest BCUT2D eigenvalue weighted by Gasteiger charge is 2.46. The lowest BCUT2D eigenvalue weighted by Gasteiger charge is -2.37. The minimum atomic E-state index is -0.437. The fraction of sp³-hybridized carbons (Fsp3) is 1.00. The van der Waals surface area contributed by atoms with E-state index in [0.29, 0.717) is 0 Å². The highest BCUT2D eigenvalue weighted by Crippen LogP contribution is 2.39. The number of alkyl halides is 7. The van der Waals surface area contributed by atoms with Crippen LogP contribution in [0.15, 0.2) is 0 Å². The van der Waals surface area contributed by atoms with Gasteiger partial charge in [0.1, 0.15) is 0 Å². The Bertz CT molecular complexity index is 275. The van der Waals surface area contributed by atoms with Crippen LogP contribution in [0.25, 0.3) is 0 Å². The molecule has 0 aromatic heterocycles. The zero-order valence-electron chi connectivity index (χ0n) is 14.5. The van der Waals surface area contributed by atoms with Gasteiger partial charge in [0.05, 0.1) is 32.3 Å². The molecule has 0 aliphatic heterocycles. The minimum absolute atomic E-state index is 0.437. The van der Waals surface area contributed by atoms with Crippen molar-refractivity contribution in [1.29, 1.82) is 0 Å². The Hall–Kier alpha value is 2.22. The lowest BCUT2D eigenvalue weighted by atomic mass is 9.97. The molecule has 2 aliphatic carbocycles. The van der Waals surface area contributed by atoms with Crippen molar-refractivity contribution in [2.75, 3.05) is 0 Å². The summed E-state index contributed by atoms with van der Waals surface area (Å²) in [7, 11) is 0. The molecule has 2 fully saturated rings. The van der Waals surface area contributed by atoms with E-state index >= 15 is 0 Å². The summed E-state index contributed by atoms with van der Waals surface area (Å²) in [5.41, 5.74) is 0. The smallest absolute Gasteiger partial charge is 0.0693 e. The maximum Gasteiger partial charge on any atom is 0.0693 e. The molecule has 0 aromatic rings. The molecule has 0 heterocycles. The van der Waals surface area contributed by atoms with Crippen molar-refractivity contribution in [2.24, 2.45) is 0 Å². The molecule has 0 bridgehead atoms. The van der Waals surface area contributed by atoms with E-state index in [1.165, 1.54) is 70.6 Å². The second kappa shape index (κ2) is 14.2. The van der Waals surface area contributed by atoms with E-state index in [-0.39, 0.29) is 0 Å². The largest absolute Gasteiger partial charge is 0.120 e. The summed E-state index contributed by atoms with van der Waals surface area (Å²) >= 11 is 39.1. The van der Waals surface area contributed by atoms with Gasteiger partial charge in [-0.1, -0.05) is 73.7 Å². The zero-order chi connectivity index (χ0) is 18.8. The minimum Gasteiger partial charge on any atom is -0.120 e. The standard InChI is InChI=1S/C12H23Br.C6H6Cl6/c13-12-10-8-6-4-2-1-3-5-7-9-11-12;7-1-2(8)4(10)6(12)5(11)3(1)9/h12H,1-11H2;1-6H. The average Bonchev–Trinajstić information content (AvgIpc) is 2.60. The van der Waals surface area contributed by atoms with Gasteiger partial charge in [-0.05, 0) is 12.8 Å². The van der Waals surface area contributed by atoms with Gasteiger partial charge in [0.15, 0.2) is 0 Å². The lowest BCUT2D eigenvalue weighted by Crippen LogP contribution is -2.52. The van der Waals surface area contributed by atoms with Crippen LogP contribution in [0.3, 0.4) is 0 Å². The van der Waals surface area contributed by atoms with Gasteiger partial charge in [0.25, 0.3) is 0 Å². The van der Waals surface area contributed by atoms with E-state index in [2.05, 4.69) is 15.9 Å². The average molecular weight is 538 g/mol. The molecule has 2 saturated carbocycles. The topological polar surface area (TPSA) is 0 Å². The summed E-state index contributed by atoms with van der Waals surface area (Å²) < 4.78 is 0. The Morgan fingerprint density at radius 3 is 0.840 bits per heavy atom. The van der Waals surface area contributed by atoms with Gasteiger partial charge < -0.3 is 0 Å². The van der Waals surface area contributed by atoms with Crippen LogP contribution in [0.5, 0.6) is 0 Å². The van der Waals surface area contributed by atoms with Crippen LogP contribution in [-0.2, 0) is 0 Å². The van der Waals surface area contributed by atoms with E-state index in [9.17, 15) is 0 Å². The van der Waals surface area contributed by atoms with Crippen LogP contribution in [-0.4, -0.2) is 37.1 Å². The van der Waals surface area contributed by atoms with E-state index in [4.69, 9.17) is 69.6 Å². The van der Waals surface area contributed by atoms with Crippen molar-refractivity contribution < 1.29 is 0 Å². The molecule has 2 rings (SSSR count). The van der Waals surface area contributed by atoms with Crippen molar-refractivity contribution in [3.05, 3.63) is 0 Å². The maximum absolute atomic E-state index is 5.88. The summed E-state index contributed by atoms with van der Waals surface area (Å²) in [5.74, 6) is 0. The highest BCUT2D eigenvalue weighted by molar-refractivity contribution is 9.09. The Kier molecular flexibility index (Phi) is 14.4. The van der Waals surface area contributed by atoms with E-state index in [1.54, 1.807) is 0 Å². The molecule has 0 atom stereocenters. The summed E-state index contributed by atoms with van der Waals surface area (Å²) in [6.07, 6.45) is 16.0. The fourth-order valence-electron chi connectivity index (χ4n) is 3.17. The summed E-state index contributed by atoms with van der Waals surface area (Å²) in [6, 6.07) is 0. The Labute approximate surface area is 192 Å². The zero-order valence-corrected chi connectivity index (χ0v) is 20.6. The van der Waals surface area contributed by atoms with E-state index in [1.807, 2.05) is 0 Å². The molecule has 2 aliphatic rings. The van der Waals surface area contributed by atoms with Gasteiger partial charge in [0, 0.05) is 4.83 Å². The molecule has 25 heavy (non-hydrogen) atoms. The monoisotopic (exact) mass is 534 g/mol. The van der Waals surface area contributed by atoms with Crippen LogP contribution >= 0.6 is 85.5 Å². The molecule has 0 aromatic carbocycles. The van der Waals surface area contributed by atoms with Crippen LogP contribution in [0, 0.1) is 0 Å². The quantitative estimate of drug-likeness (QED) is 0.271. The third-order valence-electron chi connectivity index (χ3n) is 4.86. The molecule has 0 radical (unpaired) electrons. The van der Waals surface area contributed by atoms with Crippen molar-refractivity contribution >= 4 is 85.5 Å². The second-order valence-corrected chi connectivity index (χ2v) is 11.3. The van der Waals surface area contributed by atoms with Crippen LogP contribution < -0.4 is 0 Å². The lowest BCUT2D eigenvalue weighted by molar-refractivity contribution is 0.512. The first-order valence-corrected chi connectivity index (χ1v) is 12.9. The van der Waals surface area contributed by atoms with Crippen LogP contribution in [0.2, 0.25) is 0 Å². The third-order valence-corrected chi connectivity index (χ3v) is 9.81. The fourth-order valence-corrected chi connectivity index (χ4v) is 6.14. The predicted molar refractivity (Wildman–Crippen MR) is 121 cm³/mol. The summed E-state index contributed by atoms with van der Waals surface area (Å²) in [4.78, 5) is 0.812. The van der Waals surface area contributed by atoms with Crippen molar-refractivity contribution in [3.63, 3.8) is 0 Å². The molecule has 150 valence electrons. The first-order valence-electron chi connectivity index (χ1n) is 9.34. The molecule has 0 spiro atoms. The van der Waals surface area contributed by atoms with Crippen LogP contribution in [0.1, 0.15) is 70.6 Å². The number of hydrogen-bond acceptors (Lipinski definition) is 0. The molecule has 0 amide bonds. The van der Waals surface area contributed by atoms with Crippen molar-refractivity contribution in [2.45, 2.75) is 108 Å². The highest BCUT2D eigenvalue weighted by atomic mass is 79.9.